The minimum atomic E-state index is -1.97. The first-order chi connectivity index (χ1) is 26.4. The lowest BCUT2D eigenvalue weighted by molar-refractivity contribution is -0.150. The minimum absolute atomic E-state index is 0.0208. The van der Waals surface area contributed by atoms with Gasteiger partial charge in [0, 0.05) is 54.6 Å². The molecule has 0 amide bonds. The fraction of sp³-hybridized carbons (Fsp3) is 0.368. The summed E-state index contributed by atoms with van der Waals surface area (Å²) in [5.41, 5.74) is 11.1. The van der Waals surface area contributed by atoms with Gasteiger partial charge in [0.05, 0.1) is 36.2 Å². The SMILES string of the molecule is Nc1cc(C(=O)C(O)C=O)ccc1OC(CCO)C(C1=CC(CC(CO)C(C(=O)O)C(O)c2ccc(O)c(O)c2N)=CCC1=O)C(/C=C/CC(=O)O)CC(=O)O. The maximum absolute atomic E-state index is 13.7. The van der Waals surface area contributed by atoms with Gasteiger partial charge in [0.1, 0.15) is 11.9 Å². The zero-order chi connectivity index (χ0) is 41.9. The first-order valence-electron chi connectivity index (χ1n) is 17.2. The van der Waals surface area contributed by atoms with Crippen molar-refractivity contribution in [3.8, 4) is 17.2 Å². The number of carbonyl (C=O) groups is 6. The second kappa shape index (κ2) is 20.0. The summed E-state index contributed by atoms with van der Waals surface area (Å²) in [6.07, 6.45) is -1.93. The number of phenolic OH excluding ortho intramolecular Hbond substituents is 2. The van der Waals surface area contributed by atoms with Gasteiger partial charge in [0.15, 0.2) is 35.5 Å². The van der Waals surface area contributed by atoms with Gasteiger partial charge in [-0.15, -0.1) is 0 Å². The summed E-state index contributed by atoms with van der Waals surface area (Å²) in [4.78, 5) is 73.1. The van der Waals surface area contributed by atoms with E-state index >= 15 is 0 Å². The maximum atomic E-state index is 13.7. The van der Waals surface area contributed by atoms with E-state index in [1.165, 1.54) is 36.4 Å². The number of aliphatic hydroxyl groups excluding tert-OH is 4. The quantitative estimate of drug-likeness (QED) is 0.0199. The van der Waals surface area contributed by atoms with Crippen LogP contribution in [0.5, 0.6) is 17.2 Å². The number of phenols is 2. The number of nitrogen functional groups attached to an aromatic ring is 2. The molecule has 0 bridgehead atoms. The Morgan fingerprint density at radius 2 is 1.66 bits per heavy atom. The van der Waals surface area contributed by atoms with Gasteiger partial charge in [0.2, 0.25) is 0 Å². The number of anilines is 2. The summed E-state index contributed by atoms with van der Waals surface area (Å²) in [7, 11) is 0. The maximum Gasteiger partial charge on any atom is 0.309 e. The lowest BCUT2D eigenvalue weighted by Gasteiger charge is -2.35. The van der Waals surface area contributed by atoms with E-state index in [2.05, 4.69) is 0 Å². The van der Waals surface area contributed by atoms with Crippen molar-refractivity contribution in [1.29, 1.82) is 0 Å². The number of aldehydes is 1. The molecule has 0 saturated carbocycles. The second-order valence-corrected chi connectivity index (χ2v) is 13.1. The Kier molecular flexibility index (Phi) is 15.8. The van der Waals surface area contributed by atoms with Crippen LogP contribution in [0.3, 0.4) is 0 Å². The predicted molar refractivity (Wildman–Crippen MR) is 195 cm³/mol. The number of carboxylic acids is 3. The standard InChI is InChI=1S/C38H44N2O16/c39-24-14-20(35(51)27(46)17-43)5-9-28(24)56-29(10-11-41)32(19(15-31(49)50)2-1-3-30(47)48)23-13-18(4-7-25(23)44)12-21(16-42)33(38(54)55)36(52)22-6-8-26(45)37(53)34(22)40/h1-2,4-6,8-9,13-14,17,19,21,27,29,32-33,36,41-42,45-46,52-53H,3,7,10-12,15-16,39-40H2,(H,47,48)(H,49,50)(H,54,55)/b2-1+. The molecule has 18 heteroatoms. The van der Waals surface area contributed by atoms with Crippen molar-refractivity contribution in [1.82, 2.24) is 0 Å². The third kappa shape index (κ3) is 11.0. The van der Waals surface area contributed by atoms with Gasteiger partial charge in [0.25, 0.3) is 0 Å². The monoisotopic (exact) mass is 784 g/mol. The molecule has 2 aromatic carbocycles. The number of hydrogen-bond donors (Lipinski definition) is 11. The summed E-state index contributed by atoms with van der Waals surface area (Å²) >= 11 is 0. The van der Waals surface area contributed by atoms with E-state index in [0.717, 1.165) is 18.2 Å². The molecule has 1 aliphatic carbocycles. The third-order valence-electron chi connectivity index (χ3n) is 9.32. The Balaban J connectivity index is 2.15. The number of rotatable bonds is 22. The van der Waals surface area contributed by atoms with Crippen LogP contribution in [0, 0.1) is 23.7 Å². The summed E-state index contributed by atoms with van der Waals surface area (Å²) in [6.45, 7) is -1.39. The molecule has 0 spiro atoms. The average Bonchev–Trinajstić information content (AvgIpc) is 3.14. The van der Waals surface area contributed by atoms with Crippen molar-refractivity contribution in [2.45, 2.75) is 50.4 Å². The average molecular weight is 785 g/mol. The van der Waals surface area contributed by atoms with E-state index in [1.54, 1.807) is 0 Å². The van der Waals surface area contributed by atoms with Crippen LogP contribution < -0.4 is 16.2 Å². The zero-order valence-corrected chi connectivity index (χ0v) is 29.8. The van der Waals surface area contributed by atoms with Gasteiger partial charge in [-0.1, -0.05) is 35.9 Å². The highest BCUT2D eigenvalue weighted by atomic mass is 16.5. The van der Waals surface area contributed by atoms with Crippen molar-refractivity contribution in [2.24, 2.45) is 23.7 Å². The fourth-order valence-electron chi connectivity index (χ4n) is 6.58. The molecule has 1 aliphatic rings. The van der Waals surface area contributed by atoms with Crippen LogP contribution in [-0.4, -0.2) is 107 Å². The van der Waals surface area contributed by atoms with Crippen LogP contribution in [0.15, 0.2) is 65.8 Å². The van der Waals surface area contributed by atoms with Gasteiger partial charge >= 0.3 is 17.9 Å². The van der Waals surface area contributed by atoms with Crippen LogP contribution in [0.25, 0.3) is 0 Å². The van der Waals surface area contributed by atoms with Gasteiger partial charge < -0.3 is 62.2 Å². The van der Waals surface area contributed by atoms with E-state index in [-0.39, 0.29) is 59.3 Å². The summed E-state index contributed by atoms with van der Waals surface area (Å²) in [5.74, 6) is -12.6. The number of aliphatic carboxylic acids is 3. The predicted octanol–water partition coefficient (Wildman–Crippen LogP) is 1.13. The topological polar surface area (TPSA) is 346 Å². The number of ether oxygens (including phenoxy) is 1. The molecule has 0 aromatic heterocycles. The second-order valence-electron chi connectivity index (χ2n) is 13.1. The van der Waals surface area contributed by atoms with Crippen LogP contribution in [-0.2, 0) is 24.0 Å². The number of nitrogens with two attached hydrogens (primary N) is 2. The van der Waals surface area contributed by atoms with E-state index in [1.807, 2.05) is 0 Å². The third-order valence-corrected chi connectivity index (χ3v) is 9.32. The van der Waals surface area contributed by atoms with Crippen LogP contribution in [0.4, 0.5) is 11.4 Å². The summed E-state index contributed by atoms with van der Waals surface area (Å²) < 4.78 is 6.19. The molecule has 0 fully saturated rings. The number of Topliss-reactive ketones (excluding diaryl/α,β-unsaturated/α-hetero) is 2. The number of ketones is 2. The number of benzene rings is 2. The summed E-state index contributed by atoms with van der Waals surface area (Å²) in [6, 6.07) is 5.62. The van der Waals surface area contributed by atoms with E-state index in [9.17, 15) is 74.7 Å². The number of aromatic hydroxyl groups is 2. The Morgan fingerprint density at radius 1 is 0.964 bits per heavy atom. The number of hydrogen-bond acceptors (Lipinski definition) is 15. The molecule has 56 heavy (non-hydrogen) atoms. The number of allylic oxidation sites excluding steroid dienone is 4. The highest BCUT2D eigenvalue weighted by Crippen LogP contribution is 2.42. The molecule has 302 valence electrons. The zero-order valence-electron chi connectivity index (χ0n) is 29.8. The highest BCUT2D eigenvalue weighted by Gasteiger charge is 2.40. The lowest BCUT2D eigenvalue weighted by atomic mass is 9.73. The van der Waals surface area contributed by atoms with Crippen molar-refractivity contribution < 1.29 is 79.5 Å². The largest absolute Gasteiger partial charge is 0.504 e. The lowest BCUT2D eigenvalue weighted by Crippen LogP contribution is -2.38. The molecule has 0 saturated heterocycles. The molecule has 0 heterocycles. The van der Waals surface area contributed by atoms with Crippen LogP contribution in [0.2, 0.25) is 0 Å². The van der Waals surface area contributed by atoms with E-state index < -0.39 is 115 Å². The van der Waals surface area contributed by atoms with Crippen molar-refractivity contribution in [3.63, 3.8) is 0 Å². The number of aliphatic hydroxyl groups is 4. The molecule has 0 aliphatic heterocycles. The van der Waals surface area contributed by atoms with Gasteiger partial charge in [-0.05, 0) is 36.6 Å². The van der Waals surface area contributed by atoms with Gasteiger partial charge in [-0.2, -0.15) is 0 Å². The van der Waals surface area contributed by atoms with Crippen molar-refractivity contribution in [2.75, 3.05) is 24.7 Å². The smallest absolute Gasteiger partial charge is 0.309 e. The van der Waals surface area contributed by atoms with Crippen LogP contribution in [0.1, 0.15) is 54.1 Å². The first kappa shape index (κ1) is 44.3. The van der Waals surface area contributed by atoms with E-state index in [4.69, 9.17) is 16.2 Å². The summed E-state index contributed by atoms with van der Waals surface area (Å²) in [5, 5.41) is 90.6. The Morgan fingerprint density at radius 3 is 2.23 bits per heavy atom. The van der Waals surface area contributed by atoms with Gasteiger partial charge in [-0.25, -0.2) is 0 Å². The Bertz CT molecular complexity index is 1900. The number of carboxylic acid groups (broad SMARTS) is 3. The Hall–Kier alpha value is -6.08. The minimum Gasteiger partial charge on any atom is -0.504 e. The molecule has 7 atom stereocenters. The molecule has 0 radical (unpaired) electrons. The van der Waals surface area contributed by atoms with Gasteiger partial charge in [-0.3, -0.25) is 28.8 Å². The molecular formula is C38H44N2O16. The fourth-order valence-corrected chi connectivity index (χ4v) is 6.58. The van der Waals surface area contributed by atoms with Crippen LogP contribution >= 0.6 is 0 Å². The van der Waals surface area contributed by atoms with Crippen molar-refractivity contribution >= 4 is 47.1 Å². The molecule has 7 unspecified atom stereocenters. The molecule has 3 rings (SSSR count). The highest BCUT2D eigenvalue weighted by molar-refractivity contribution is 6.08. The molecule has 13 N–H and O–H groups in total. The molecular weight excluding hydrogens is 740 g/mol. The van der Waals surface area contributed by atoms with E-state index in [0.29, 0.717) is 0 Å². The first-order valence-corrected chi connectivity index (χ1v) is 17.2. The molecule has 18 nitrogen and oxygen atoms in total. The van der Waals surface area contributed by atoms with Crippen molar-refractivity contribution in [3.05, 3.63) is 76.9 Å². The number of carbonyl (C=O) groups excluding carboxylic acids is 3. The molecule has 2 aromatic rings. The Labute approximate surface area is 319 Å². The normalized spacial score (nSPS) is 16.8.